The lowest BCUT2D eigenvalue weighted by atomic mass is 10.3. The number of hydrogen-bond donors (Lipinski definition) is 3. The largest absolute Gasteiger partial charge is 0.354 e. The van der Waals surface area contributed by atoms with Gasteiger partial charge >= 0.3 is 5.69 Å². The van der Waals surface area contributed by atoms with Crippen LogP contribution >= 0.6 is 22.6 Å². The molecule has 19 heavy (non-hydrogen) atoms. The molecule has 0 radical (unpaired) electrons. The fourth-order valence-electron chi connectivity index (χ4n) is 1.44. The summed E-state index contributed by atoms with van der Waals surface area (Å²) in [6.45, 7) is 0. The van der Waals surface area contributed by atoms with Gasteiger partial charge in [-0.05, 0) is 34.7 Å². The van der Waals surface area contributed by atoms with Crippen LogP contribution in [0.4, 0.5) is 23.0 Å². The Morgan fingerprint density at radius 3 is 2.58 bits per heavy atom. The maximum Gasteiger partial charge on any atom is 0.354 e. The first-order chi connectivity index (χ1) is 9.13. The quantitative estimate of drug-likeness (QED) is 0.325. The zero-order valence-corrected chi connectivity index (χ0v) is 11.7. The van der Waals surface area contributed by atoms with Gasteiger partial charge < -0.3 is 10.7 Å². The van der Waals surface area contributed by atoms with Crippen molar-refractivity contribution >= 4 is 45.6 Å². The minimum atomic E-state index is -0.590. The van der Waals surface area contributed by atoms with Gasteiger partial charge in [-0.25, -0.2) is 15.8 Å². The van der Waals surface area contributed by atoms with E-state index in [0.717, 1.165) is 3.57 Å². The Balaban J connectivity index is 2.46. The third-order valence-electron chi connectivity index (χ3n) is 2.27. The monoisotopic (exact) mass is 372 g/mol. The summed E-state index contributed by atoms with van der Waals surface area (Å²) in [5, 5.41) is 14.0. The van der Waals surface area contributed by atoms with Gasteiger partial charge in [0.05, 0.1) is 10.6 Å². The molecule has 2 rings (SSSR count). The molecule has 0 bridgehead atoms. The Bertz CT molecular complexity index is 621. The van der Waals surface area contributed by atoms with Gasteiger partial charge in [-0.15, -0.1) is 0 Å². The minimum absolute atomic E-state index is 0.0477. The van der Waals surface area contributed by atoms with Gasteiger partial charge in [-0.2, -0.15) is 0 Å². The van der Waals surface area contributed by atoms with Crippen molar-refractivity contribution in [2.24, 2.45) is 5.84 Å². The van der Waals surface area contributed by atoms with Crippen LogP contribution in [-0.4, -0.2) is 14.9 Å². The van der Waals surface area contributed by atoms with Crippen LogP contribution in [0.15, 0.2) is 30.6 Å². The summed E-state index contributed by atoms with van der Waals surface area (Å²) in [4.78, 5) is 18.1. The lowest BCUT2D eigenvalue weighted by Gasteiger charge is -2.09. The summed E-state index contributed by atoms with van der Waals surface area (Å²) in [5.74, 6) is 5.24. The Kier molecular flexibility index (Phi) is 4.06. The summed E-state index contributed by atoms with van der Waals surface area (Å²) in [5.41, 5.74) is 2.60. The molecule has 0 saturated heterocycles. The van der Waals surface area contributed by atoms with Gasteiger partial charge in [0.25, 0.3) is 0 Å². The molecule has 0 unspecified atom stereocenters. The van der Waals surface area contributed by atoms with E-state index in [2.05, 4.69) is 43.3 Å². The highest BCUT2D eigenvalue weighted by Gasteiger charge is 2.22. The van der Waals surface area contributed by atoms with Crippen LogP contribution in [-0.2, 0) is 0 Å². The molecule has 9 heteroatoms. The molecule has 98 valence electrons. The standard InChI is InChI=1S/C10H9IN6O2/c11-6-3-1-2-4-7(6)15-9-8(17(18)19)10(16-12)14-5-13-9/h1-5H,12H2,(H2,13,14,15,16). The van der Waals surface area contributed by atoms with Crippen molar-refractivity contribution < 1.29 is 4.92 Å². The Hall–Kier alpha value is -2.01. The van der Waals surface area contributed by atoms with Gasteiger partial charge in [-0.1, -0.05) is 12.1 Å². The number of nitrogens with one attached hydrogen (secondary N) is 2. The van der Waals surface area contributed by atoms with Crippen LogP contribution in [0.1, 0.15) is 0 Å². The molecule has 4 N–H and O–H groups in total. The summed E-state index contributed by atoms with van der Waals surface area (Å²) in [7, 11) is 0. The van der Waals surface area contributed by atoms with Crippen LogP contribution in [0.3, 0.4) is 0 Å². The normalized spacial score (nSPS) is 10.0. The molecule has 0 amide bonds. The Labute approximate surface area is 121 Å². The van der Waals surface area contributed by atoms with E-state index in [1.165, 1.54) is 6.33 Å². The van der Waals surface area contributed by atoms with Crippen molar-refractivity contribution in [1.82, 2.24) is 9.97 Å². The van der Waals surface area contributed by atoms with E-state index in [1.54, 1.807) is 6.07 Å². The second kappa shape index (κ2) is 5.75. The van der Waals surface area contributed by atoms with Crippen molar-refractivity contribution in [3.05, 3.63) is 44.3 Å². The van der Waals surface area contributed by atoms with Gasteiger partial charge in [0.2, 0.25) is 11.6 Å². The maximum atomic E-state index is 11.1. The molecule has 0 fully saturated rings. The minimum Gasteiger partial charge on any atom is -0.333 e. The number of hydrazine groups is 1. The van der Waals surface area contributed by atoms with Crippen LogP contribution in [0.25, 0.3) is 0 Å². The lowest BCUT2D eigenvalue weighted by molar-refractivity contribution is -0.383. The zero-order valence-electron chi connectivity index (χ0n) is 9.50. The summed E-state index contributed by atoms with van der Waals surface area (Å²) in [6.07, 6.45) is 1.19. The molecule has 2 aromatic rings. The average molecular weight is 372 g/mol. The number of nitro groups is 1. The van der Waals surface area contributed by atoms with Gasteiger partial charge in [0.15, 0.2) is 0 Å². The van der Waals surface area contributed by atoms with Crippen LogP contribution in [0, 0.1) is 13.7 Å². The Morgan fingerprint density at radius 1 is 1.26 bits per heavy atom. The molecule has 1 aromatic heterocycles. The van der Waals surface area contributed by atoms with Gasteiger partial charge in [0.1, 0.15) is 6.33 Å². The molecule has 0 aliphatic rings. The molecule has 0 saturated carbocycles. The molecule has 0 atom stereocenters. The number of halogens is 1. The third kappa shape index (κ3) is 2.88. The fraction of sp³-hybridized carbons (Fsp3) is 0. The van der Waals surface area contributed by atoms with Crippen molar-refractivity contribution in [3.8, 4) is 0 Å². The van der Waals surface area contributed by atoms with E-state index in [4.69, 9.17) is 5.84 Å². The van der Waals surface area contributed by atoms with Crippen LogP contribution in [0.5, 0.6) is 0 Å². The van der Waals surface area contributed by atoms with E-state index in [9.17, 15) is 10.1 Å². The molecule has 1 heterocycles. The average Bonchev–Trinajstić information content (AvgIpc) is 2.40. The van der Waals surface area contributed by atoms with E-state index >= 15 is 0 Å². The number of hydrogen-bond acceptors (Lipinski definition) is 7. The van der Waals surface area contributed by atoms with E-state index in [0.29, 0.717) is 5.69 Å². The van der Waals surface area contributed by atoms with Gasteiger partial charge in [0, 0.05) is 3.57 Å². The number of nitrogens with zero attached hydrogens (tertiary/aromatic N) is 3. The number of para-hydroxylation sites is 1. The first-order valence-electron chi connectivity index (χ1n) is 5.11. The van der Waals surface area contributed by atoms with E-state index < -0.39 is 4.92 Å². The number of anilines is 3. The molecular formula is C10H9IN6O2. The highest BCUT2D eigenvalue weighted by molar-refractivity contribution is 14.1. The fourth-order valence-corrected chi connectivity index (χ4v) is 1.96. The lowest BCUT2D eigenvalue weighted by Crippen LogP contribution is -2.12. The first kappa shape index (κ1) is 13.4. The smallest absolute Gasteiger partial charge is 0.333 e. The SMILES string of the molecule is NNc1ncnc(Nc2ccccc2I)c1[N+](=O)[O-]. The van der Waals surface area contributed by atoms with Crippen LogP contribution in [0.2, 0.25) is 0 Å². The van der Waals surface area contributed by atoms with Crippen molar-refractivity contribution in [2.45, 2.75) is 0 Å². The molecule has 1 aromatic carbocycles. The second-order valence-corrected chi connectivity index (χ2v) is 4.59. The summed E-state index contributed by atoms with van der Waals surface area (Å²) >= 11 is 2.12. The molecule has 8 nitrogen and oxygen atoms in total. The van der Waals surface area contributed by atoms with E-state index in [-0.39, 0.29) is 17.3 Å². The van der Waals surface area contributed by atoms with Crippen molar-refractivity contribution in [1.29, 1.82) is 0 Å². The molecule has 0 aliphatic heterocycles. The topological polar surface area (TPSA) is 119 Å². The van der Waals surface area contributed by atoms with Crippen molar-refractivity contribution in [2.75, 3.05) is 10.7 Å². The van der Waals surface area contributed by atoms with Crippen molar-refractivity contribution in [3.63, 3.8) is 0 Å². The third-order valence-corrected chi connectivity index (χ3v) is 3.21. The predicted octanol–water partition coefficient (Wildman–Crippen LogP) is 2.02. The predicted molar refractivity (Wildman–Crippen MR) is 78.9 cm³/mol. The highest BCUT2D eigenvalue weighted by Crippen LogP contribution is 2.31. The Morgan fingerprint density at radius 2 is 1.95 bits per heavy atom. The molecular weight excluding hydrogens is 363 g/mol. The number of aromatic nitrogens is 2. The highest BCUT2D eigenvalue weighted by atomic mass is 127. The summed E-state index contributed by atoms with van der Waals surface area (Å²) < 4.78 is 0.912. The second-order valence-electron chi connectivity index (χ2n) is 3.43. The zero-order chi connectivity index (χ0) is 13.8. The number of nitrogen functional groups attached to an aromatic ring is 1. The summed E-state index contributed by atoms with van der Waals surface area (Å²) in [6, 6.07) is 7.36. The molecule has 0 aliphatic carbocycles. The number of rotatable bonds is 4. The van der Waals surface area contributed by atoms with Crippen LogP contribution < -0.4 is 16.6 Å². The maximum absolute atomic E-state index is 11.1. The van der Waals surface area contributed by atoms with Gasteiger partial charge in [-0.3, -0.25) is 10.1 Å². The molecule has 0 spiro atoms. The van der Waals surface area contributed by atoms with E-state index in [1.807, 2.05) is 18.2 Å². The number of benzene rings is 1. The number of nitrogens with two attached hydrogens (primary N) is 1. The first-order valence-corrected chi connectivity index (χ1v) is 6.19.